The maximum atomic E-state index is 12.7. The van der Waals surface area contributed by atoms with Crippen LogP contribution in [0.1, 0.15) is 23.1 Å². The highest BCUT2D eigenvalue weighted by molar-refractivity contribution is 5.85. The van der Waals surface area contributed by atoms with E-state index in [0.29, 0.717) is 6.42 Å². The van der Waals surface area contributed by atoms with E-state index in [-0.39, 0.29) is 18.3 Å². The van der Waals surface area contributed by atoms with Gasteiger partial charge in [-0.1, -0.05) is 12.1 Å². The molecule has 2 aromatic rings. The lowest BCUT2D eigenvalue weighted by Crippen LogP contribution is -2.35. The van der Waals surface area contributed by atoms with E-state index >= 15 is 0 Å². The molecule has 6 nitrogen and oxygen atoms in total. The van der Waals surface area contributed by atoms with E-state index in [1.54, 1.807) is 21.3 Å². The lowest BCUT2D eigenvalue weighted by Gasteiger charge is -2.23. The Morgan fingerprint density at radius 3 is 2.44 bits per heavy atom. The third kappa shape index (κ3) is 6.78. The van der Waals surface area contributed by atoms with E-state index in [2.05, 4.69) is 24.1 Å². The minimum Gasteiger partial charge on any atom is -0.497 e. The van der Waals surface area contributed by atoms with Crippen molar-refractivity contribution in [3.05, 3.63) is 53.1 Å². The molecule has 1 amide bonds. The number of rotatable bonds is 10. The summed E-state index contributed by atoms with van der Waals surface area (Å²) in [5.74, 6) is 2.59. The molecule has 1 aliphatic heterocycles. The van der Waals surface area contributed by atoms with Crippen LogP contribution in [-0.4, -0.2) is 70.3 Å². The van der Waals surface area contributed by atoms with Gasteiger partial charge in [-0.2, -0.15) is 0 Å². The van der Waals surface area contributed by atoms with Gasteiger partial charge in [-0.05, 0) is 73.8 Å². The van der Waals surface area contributed by atoms with Crippen LogP contribution in [0.15, 0.2) is 36.4 Å². The highest BCUT2D eigenvalue weighted by Gasteiger charge is 2.20. The Morgan fingerprint density at radius 2 is 1.72 bits per heavy atom. The van der Waals surface area contributed by atoms with Crippen molar-refractivity contribution in [1.82, 2.24) is 9.80 Å². The first-order valence-corrected chi connectivity index (χ1v) is 10.9. The summed E-state index contributed by atoms with van der Waals surface area (Å²) in [6.45, 7) is 3.48. The van der Waals surface area contributed by atoms with Gasteiger partial charge in [-0.15, -0.1) is 12.4 Å². The molecule has 0 spiro atoms. The second-order valence-electron chi connectivity index (χ2n) is 8.04. The summed E-state index contributed by atoms with van der Waals surface area (Å²) < 4.78 is 16.0. The van der Waals surface area contributed by atoms with Crippen LogP contribution < -0.4 is 14.2 Å². The maximum Gasteiger partial charge on any atom is 0.227 e. The molecule has 2 aromatic carbocycles. The van der Waals surface area contributed by atoms with Gasteiger partial charge in [0, 0.05) is 19.6 Å². The number of benzene rings is 2. The SMILES string of the molecule is COc1ccc2c(c1)CCN(CCCN(C)CCc1ccc(OC)c(OC)c1)C(=O)C2.Cl. The molecule has 0 fully saturated rings. The van der Waals surface area contributed by atoms with Gasteiger partial charge < -0.3 is 24.0 Å². The number of carbonyl (C=O) groups is 1. The lowest BCUT2D eigenvalue weighted by molar-refractivity contribution is -0.130. The highest BCUT2D eigenvalue weighted by Crippen LogP contribution is 2.27. The second kappa shape index (κ2) is 12.6. The number of likely N-dealkylation sites (N-methyl/N-ethyl adjacent to an activating group) is 1. The van der Waals surface area contributed by atoms with Crippen molar-refractivity contribution in [2.24, 2.45) is 0 Å². The van der Waals surface area contributed by atoms with Crippen molar-refractivity contribution in [1.29, 1.82) is 0 Å². The fourth-order valence-electron chi connectivity index (χ4n) is 4.03. The van der Waals surface area contributed by atoms with E-state index in [9.17, 15) is 4.79 Å². The summed E-state index contributed by atoms with van der Waals surface area (Å²) in [4.78, 5) is 17.0. The molecule has 32 heavy (non-hydrogen) atoms. The van der Waals surface area contributed by atoms with E-state index in [0.717, 1.165) is 68.3 Å². The van der Waals surface area contributed by atoms with Crippen molar-refractivity contribution < 1.29 is 19.0 Å². The smallest absolute Gasteiger partial charge is 0.227 e. The molecular weight excluding hydrogens is 428 g/mol. The van der Waals surface area contributed by atoms with E-state index in [4.69, 9.17) is 14.2 Å². The Hall–Kier alpha value is -2.44. The quantitative estimate of drug-likeness (QED) is 0.539. The van der Waals surface area contributed by atoms with Gasteiger partial charge in [0.05, 0.1) is 27.8 Å². The average Bonchev–Trinajstić information content (AvgIpc) is 2.95. The maximum absolute atomic E-state index is 12.7. The molecule has 3 rings (SSSR count). The van der Waals surface area contributed by atoms with Crippen molar-refractivity contribution in [3.63, 3.8) is 0 Å². The topological polar surface area (TPSA) is 51.2 Å². The second-order valence-corrected chi connectivity index (χ2v) is 8.04. The van der Waals surface area contributed by atoms with Crippen LogP contribution in [0.3, 0.4) is 0 Å². The zero-order valence-electron chi connectivity index (χ0n) is 19.6. The van der Waals surface area contributed by atoms with Crippen LogP contribution in [0.25, 0.3) is 0 Å². The molecule has 0 atom stereocenters. The van der Waals surface area contributed by atoms with Crippen LogP contribution in [0.2, 0.25) is 0 Å². The number of amides is 1. The zero-order valence-corrected chi connectivity index (χ0v) is 20.4. The molecule has 176 valence electrons. The molecule has 0 N–H and O–H groups in total. The van der Waals surface area contributed by atoms with Crippen LogP contribution in [0.4, 0.5) is 0 Å². The van der Waals surface area contributed by atoms with Gasteiger partial charge >= 0.3 is 0 Å². The van der Waals surface area contributed by atoms with Gasteiger partial charge in [0.1, 0.15) is 5.75 Å². The van der Waals surface area contributed by atoms with Crippen LogP contribution in [-0.2, 0) is 24.1 Å². The third-order valence-corrected chi connectivity index (χ3v) is 5.96. The number of hydrogen-bond donors (Lipinski definition) is 0. The summed E-state index contributed by atoms with van der Waals surface area (Å²) in [5, 5.41) is 0. The molecule has 1 heterocycles. The fourth-order valence-corrected chi connectivity index (χ4v) is 4.03. The highest BCUT2D eigenvalue weighted by atomic mass is 35.5. The lowest BCUT2D eigenvalue weighted by atomic mass is 10.0. The largest absolute Gasteiger partial charge is 0.497 e. The number of nitrogens with zero attached hydrogens (tertiary/aromatic N) is 2. The summed E-state index contributed by atoms with van der Waals surface area (Å²) in [6, 6.07) is 12.1. The number of ether oxygens (including phenoxy) is 3. The van der Waals surface area contributed by atoms with Gasteiger partial charge in [0.25, 0.3) is 0 Å². The van der Waals surface area contributed by atoms with Gasteiger partial charge in [0.2, 0.25) is 5.91 Å². The van der Waals surface area contributed by atoms with Crippen LogP contribution >= 0.6 is 12.4 Å². The molecule has 0 bridgehead atoms. The average molecular weight is 463 g/mol. The fraction of sp³-hybridized carbons (Fsp3) is 0.480. The predicted molar refractivity (Wildman–Crippen MR) is 130 cm³/mol. The molecule has 0 saturated heterocycles. The Morgan fingerprint density at radius 1 is 0.938 bits per heavy atom. The van der Waals surface area contributed by atoms with E-state index in [1.165, 1.54) is 11.1 Å². The summed E-state index contributed by atoms with van der Waals surface area (Å²) >= 11 is 0. The summed E-state index contributed by atoms with van der Waals surface area (Å²) in [5.41, 5.74) is 3.57. The van der Waals surface area contributed by atoms with E-state index in [1.807, 2.05) is 29.2 Å². The number of fused-ring (bicyclic) bond motifs is 1. The van der Waals surface area contributed by atoms with Crippen LogP contribution in [0.5, 0.6) is 17.2 Å². The monoisotopic (exact) mass is 462 g/mol. The van der Waals surface area contributed by atoms with Gasteiger partial charge in [-0.3, -0.25) is 4.79 Å². The molecule has 0 saturated carbocycles. The van der Waals surface area contributed by atoms with Gasteiger partial charge in [-0.25, -0.2) is 0 Å². The molecule has 0 aromatic heterocycles. The Bertz CT molecular complexity index is 890. The number of hydrogen-bond acceptors (Lipinski definition) is 5. The van der Waals surface area contributed by atoms with Crippen molar-refractivity contribution in [2.45, 2.75) is 25.7 Å². The minimum atomic E-state index is 0. The van der Waals surface area contributed by atoms with Crippen molar-refractivity contribution in [3.8, 4) is 17.2 Å². The first kappa shape index (κ1) is 25.8. The minimum absolute atomic E-state index is 0. The normalized spacial score (nSPS) is 13.3. The predicted octanol–water partition coefficient (Wildman–Crippen LogP) is 3.63. The van der Waals surface area contributed by atoms with Gasteiger partial charge in [0.15, 0.2) is 11.5 Å². The molecular formula is C25H35ClN2O4. The molecule has 1 aliphatic rings. The van der Waals surface area contributed by atoms with Crippen LogP contribution in [0, 0.1) is 0 Å². The first-order chi connectivity index (χ1) is 15.0. The number of methoxy groups -OCH3 is 3. The standard InChI is InChI=1S/C25H34N2O4.ClH/c1-26(14-10-19-6-9-23(30-3)24(16-19)31-4)12-5-13-27-15-11-21-17-22(29-2)8-7-20(21)18-25(27)28;/h6-9,16-17H,5,10-15,18H2,1-4H3;1H. The van der Waals surface area contributed by atoms with Crippen molar-refractivity contribution in [2.75, 3.05) is 54.6 Å². The Balaban J connectivity index is 0.00000363. The summed E-state index contributed by atoms with van der Waals surface area (Å²) in [6.07, 6.45) is 3.27. The first-order valence-electron chi connectivity index (χ1n) is 10.9. The number of carbonyl (C=O) groups excluding carboxylic acids is 1. The molecule has 7 heteroatoms. The number of halogens is 1. The molecule has 0 aliphatic carbocycles. The zero-order chi connectivity index (χ0) is 22.2. The molecule has 0 radical (unpaired) electrons. The summed E-state index contributed by atoms with van der Waals surface area (Å²) in [7, 11) is 7.12. The Labute approximate surface area is 197 Å². The Kier molecular flexibility index (Phi) is 10.1. The third-order valence-electron chi connectivity index (χ3n) is 5.96. The molecule has 0 unspecified atom stereocenters. The van der Waals surface area contributed by atoms with Crippen molar-refractivity contribution >= 4 is 18.3 Å². The van der Waals surface area contributed by atoms with E-state index < -0.39 is 0 Å².